The van der Waals surface area contributed by atoms with Crippen LogP contribution in [0.5, 0.6) is 0 Å². The highest BCUT2D eigenvalue weighted by atomic mass is 32.2. The summed E-state index contributed by atoms with van der Waals surface area (Å²) in [5, 5.41) is 10.3. The molecule has 9 heteroatoms. The third-order valence-corrected chi connectivity index (χ3v) is 3.12. The Bertz CT molecular complexity index is 537. The number of hydrogen-bond acceptors (Lipinski definition) is 6. The molecule has 8 nitrogen and oxygen atoms in total. The molecule has 92 valence electrons. The average Bonchev–Trinajstić information content (AvgIpc) is 2.27. The van der Waals surface area contributed by atoms with Gasteiger partial charge in [0.25, 0.3) is 0 Å². The summed E-state index contributed by atoms with van der Waals surface area (Å²) in [7, 11) is -3.85. The van der Waals surface area contributed by atoms with Crippen LogP contribution in [-0.2, 0) is 14.8 Å². The van der Waals surface area contributed by atoms with Gasteiger partial charge in [-0.2, -0.15) is 0 Å². The van der Waals surface area contributed by atoms with Crippen LogP contribution in [0, 0.1) is 10.1 Å². The lowest BCUT2D eigenvalue weighted by Crippen LogP contribution is -2.28. The van der Waals surface area contributed by atoms with E-state index in [4.69, 9.17) is 0 Å². The summed E-state index contributed by atoms with van der Waals surface area (Å²) in [5.74, 6) is -0.793. The molecule has 0 aromatic carbocycles. The second-order valence-corrected chi connectivity index (χ2v) is 4.90. The number of rotatable bonds is 5. The van der Waals surface area contributed by atoms with E-state index >= 15 is 0 Å². The zero-order valence-electron chi connectivity index (χ0n) is 8.78. The predicted molar refractivity (Wildman–Crippen MR) is 56.8 cm³/mol. The highest BCUT2D eigenvalue weighted by Crippen LogP contribution is 2.11. The molecule has 0 unspecified atom stereocenters. The predicted octanol–water partition coefficient (Wildman–Crippen LogP) is -0.143. The molecule has 0 fully saturated rings. The van der Waals surface area contributed by atoms with Crippen molar-refractivity contribution in [2.75, 3.05) is 6.54 Å². The lowest BCUT2D eigenvalue weighted by molar-refractivity contribution is -0.389. The van der Waals surface area contributed by atoms with E-state index in [-0.39, 0.29) is 17.2 Å². The summed E-state index contributed by atoms with van der Waals surface area (Å²) in [6, 6.07) is 2.02. The smallest absolute Gasteiger partial charge is 0.358 e. The SMILES string of the molecule is CC(=O)CNS(=O)(=O)c1ccc([N+](=O)[O-])nc1. The van der Waals surface area contributed by atoms with Gasteiger partial charge in [-0.05, 0) is 22.9 Å². The number of nitrogens with one attached hydrogen (secondary N) is 1. The number of nitrogens with zero attached hydrogens (tertiary/aromatic N) is 2. The maximum atomic E-state index is 11.5. The Kier molecular flexibility index (Phi) is 3.86. The van der Waals surface area contributed by atoms with E-state index in [1.165, 1.54) is 6.92 Å². The first kappa shape index (κ1) is 13.2. The molecule has 0 aliphatic heterocycles. The number of carbonyl (C=O) groups is 1. The van der Waals surface area contributed by atoms with Crippen molar-refractivity contribution >= 4 is 21.6 Å². The summed E-state index contributed by atoms with van der Waals surface area (Å²) in [5.41, 5.74) is 0. The fourth-order valence-corrected chi connectivity index (χ4v) is 1.92. The van der Waals surface area contributed by atoms with Crippen molar-refractivity contribution in [2.45, 2.75) is 11.8 Å². The van der Waals surface area contributed by atoms with Gasteiger partial charge >= 0.3 is 5.82 Å². The Morgan fingerprint density at radius 1 is 1.53 bits per heavy atom. The van der Waals surface area contributed by atoms with Gasteiger partial charge in [0.05, 0.1) is 6.54 Å². The molecule has 0 spiro atoms. The number of aromatic nitrogens is 1. The van der Waals surface area contributed by atoms with Crippen LogP contribution in [-0.4, -0.2) is 30.7 Å². The molecule has 0 amide bonds. The summed E-state index contributed by atoms with van der Waals surface area (Å²) >= 11 is 0. The molecule has 0 aliphatic carbocycles. The number of carbonyl (C=O) groups excluding carboxylic acids is 1. The molecule has 1 aromatic rings. The highest BCUT2D eigenvalue weighted by molar-refractivity contribution is 7.89. The summed E-state index contributed by atoms with van der Waals surface area (Å²) in [6.07, 6.45) is 0.862. The van der Waals surface area contributed by atoms with Crippen molar-refractivity contribution in [3.63, 3.8) is 0 Å². The van der Waals surface area contributed by atoms with Crippen LogP contribution in [0.25, 0.3) is 0 Å². The van der Waals surface area contributed by atoms with Crippen LogP contribution in [0.1, 0.15) is 6.92 Å². The summed E-state index contributed by atoms with van der Waals surface area (Å²) in [6.45, 7) is 0.899. The van der Waals surface area contributed by atoms with Crippen molar-refractivity contribution in [1.82, 2.24) is 9.71 Å². The maximum absolute atomic E-state index is 11.5. The van der Waals surface area contributed by atoms with E-state index < -0.39 is 20.8 Å². The molecule has 0 radical (unpaired) electrons. The van der Waals surface area contributed by atoms with Gasteiger partial charge in [0, 0.05) is 6.07 Å². The normalized spacial score (nSPS) is 11.1. The first-order chi connectivity index (χ1) is 7.83. The Balaban J connectivity index is 2.92. The first-order valence-electron chi connectivity index (χ1n) is 4.42. The number of nitro groups is 1. The van der Waals surface area contributed by atoms with Crippen LogP contribution in [0.2, 0.25) is 0 Å². The number of ketones is 1. The Labute approximate surface area is 96.9 Å². The summed E-state index contributed by atoms with van der Waals surface area (Å²) < 4.78 is 25.1. The molecule has 0 aliphatic rings. The van der Waals surface area contributed by atoms with E-state index in [1.54, 1.807) is 0 Å². The third kappa shape index (κ3) is 3.57. The standard InChI is InChI=1S/C8H9N3O5S/c1-6(12)4-10-17(15,16)7-2-3-8(9-5-7)11(13)14/h2-3,5,10H,4H2,1H3. The highest BCUT2D eigenvalue weighted by Gasteiger charge is 2.18. The van der Waals surface area contributed by atoms with Crippen molar-refractivity contribution in [3.8, 4) is 0 Å². The van der Waals surface area contributed by atoms with E-state index in [9.17, 15) is 23.3 Å². The van der Waals surface area contributed by atoms with Crippen molar-refractivity contribution in [1.29, 1.82) is 0 Å². The molecule has 1 N–H and O–H groups in total. The average molecular weight is 259 g/mol. The number of sulfonamides is 1. The minimum Gasteiger partial charge on any atom is -0.358 e. The molecular weight excluding hydrogens is 250 g/mol. The van der Waals surface area contributed by atoms with Crippen LogP contribution in [0.3, 0.4) is 0 Å². The maximum Gasteiger partial charge on any atom is 0.363 e. The molecule has 0 saturated carbocycles. The molecule has 1 rings (SSSR count). The van der Waals surface area contributed by atoms with Crippen molar-refractivity contribution < 1.29 is 18.1 Å². The number of Topliss-reactive ketones (excluding diaryl/α,β-unsaturated/α-hetero) is 1. The van der Waals surface area contributed by atoms with Gasteiger partial charge in [-0.3, -0.25) is 4.79 Å². The monoisotopic (exact) mass is 259 g/mol. The van der Waals surface area contributed by atoms with E-state index in [0.717, 1.165) is 18.3 Å². The van der Waals surface area contributed by atoms with E-state index in [1.807, 2.05) is 4.72 Å². The molecule has 0 bridgehead atoms. The largest absolute Gasteiger partial charge is 0.363 e. The zero-order valence-corrected chi connectivity index (χ0v) is 9.60. The Morgan fingerprint density at radius 2 is 2.18 bits per heavy atom. The van der Waals surface area contributed by atoms with Gasteiger partial charge in [-0.25, -0.2) is 13.1 Å². The fraction of sp³-hybridized carbons (Fsp3) is 0.250. The number of hydrogen-bond donors (Lipinski definition) is 1. The second-order valence-electron chi connectivity index (χ2n) is 3.14. The van der Waals surface area contributed by atoms with E-state index in [2.05, 4.69) is 4.98 Å². The van der Waals surface area contributed by atoms with Crippen LogP contribution in [0.4, 0.5) is 5.82 Å². The Hall–Kier alpha value is -1.87. The van der Waals surface area contributed by atoms with E-state index in [0.29, 0.717) is 0 Å². The van der Waals surface area contributed by atoms with Crippen LogP contribution in [0.15, 0.2) is 23.2 Å². The first-order valence-corrected chi connectivity index (χ1v) is 5.91. The lowest BCUT2D eigenvalue weighted by Gasteiger charge is -2.02. The van der Waals surface area contributed by atoms with Gasteiger partial charge in [0.15, 0.2) is 6.20 Å². The third-order valence-electron chi connectivity index (χ3n) is 1.73. The van der Waals surface area contributed by atoms with Gasteiger partial charge in [-0.15, -0.1) is 0 Å². The van der Waals surface area contributed by atoms with Gasteiger partial charge in [0.1, 0.15) is 10.7 Å². The molecule has 17 heavy (non-hydrogen) atoms. The molecule has 0 atom stereocenters. The van der Waals surface area contributed by atoms with Crippen molar-refractivity contribution in [2.24, 2.45) is 0 Å². The summed E-state index contributed by atoms with van der Waals surface area (Å²) in [4.78, 5) is 23.3. The zero-order chi connectivity index (χ0) is 13.1. The second kappa shape index (κ2) is 4.97. The van der Waals surface area contributed by atoms with Crippen molar-refractivity contribution in [3.05, 3.63) is 28.4 Å². The minimum absolute atomic E-state index is 0.232. The van der Waals surface area contributed by atoms with Gasteiger partial charge < -0.3 is 10.1 Å². The lowest BCUT2D eigenvalue weighted by atomic mass is 10.5. The fourth-order valence-electron chi connectivity index (χ4n) is 0.919. The quantitative estimate of drug-likeness (QED) is 0.580. The molecule has 1 aromatic heterocycles. The van der Waals surface area contributed by atoms with Gasteiger partial charge in [0.2, 0.25) is 10.0 Å². The van der Waals surface area contributed by atoms with Crippen LogP contribution >= 0.6 is 0 Å². The topological polar surface area (TPSA) is 119 Å². The molecule has 0 saturated heterocycles. The molecule has 1 heterocycles. The van der Waals surface area contributed by atoms with Crippen LogP contribution < -0.4 is 4.72 Å². The molecular formula is C8H9N3O5S. The minimum atomic E-state index is -3.85. The number of pyridine rings is 1. The Morgan fingerprint density at radius 3 is 2.59 bits per heavy atom. The van der Waals surface area contributed by atoms with Gasteiger partial charge in [-0.1, -0.05) is 0 Å².